The Morgan fingerprint density at radius 2 is 1.57 bits per heavy atom. The van der Waals surface area contributed by atoms with Crippen molar-refractivity contribution in [2.45, 2.75) is 85.1 Å². The van der Waals surface area contributed by atoms with Crippen LogP contribution >= 0.6 is 0 Å². The Morgan fingerprint density at radius 3 is 2.11 bits per heavy atom. The number of aryl methyl sites for hydroxylation is 1. The molecule has 3 rings (SSSR count). The van der Waals surface area contributed by atoms with Crippen molar-refractivity contribution in [2.75, 3.05) is 20.3 Å². The van der Waals surface area contributed by atoms with E-state index in [4.69, 9.17) is 24.2 Å². The van der Waals surface area contributed by atoms with Gasteiger partial charge in [0.25, 0.3) is 0 Å². The van der Waals surface area contributed by atoms with Crippen molar-refractivity contribution >= 4 is 36.1 Å². The Bertz CT molecular complexity index is 1060. The Morgan fingerprint density at radius 1 is 0.943 bits per heavy atom. The van der Waals surface area contributed by atoms with E-state index in [-0.39, 0.29) is 18.0 Å². The summed E-state index contributed by atoms with van der Waals surface area (Å²) in [5, 5.41) is 2.81. The van der Waals surface area contributed by atoms with Crippen LogP contribution in [-0.2, 0) is 22.9 Å². The summed E-state index contributed by atoms with van der Waals surface area (Å²) in [7, 11) is 2.24. The van der Waals surface area contributed by atoms with E-state index in [1.54, 1.807) is 7.11 Å². The van der Waals surface area contributed by atoms with Gasteiger partial charge in [0.15, 0.2) is 0 Å². The lowest BCUT2D eigenvalue weighted by atomic mass is 10.00. The van der Waals surface area contributed by atoms with Crippen molar-refractivity contribution in [1.29, 1.82) is 0 Å². The molecule has 7 heteroatoms. The number of aliphatic imine (C=N–C) groups is 2. The molecule has 1 aliphatic heterocycles. The van der Waals surface area contributed by atoms with Gasteiger partial charge in [-0.05, 0) is 37.5 Å². The maximum Gasteiger partial charge on any atom is 0.210 e. The van der Waals surface area contributed by atoms with E-state index < -0.39 is 8.07 Å². The minimum atomic E-state index is -1.72. The molecule has 2 atom stereocenters. The van der Waals surface area contributed by atoms with Crippen molar-refractivity contribution in [3.8, 4) is 5.75 Å². The van der Waals surface area contributed by atoms with Crippen LogP contribution in [0.1, 0.15) is 54.0 Å². The first-order valence-corrected chi connectivity index (χ1v) is 16.0. The smallest absolute Gasteiger partial charge is 0.210 e. The van der Waals surface area contributed by atoms with Crippen LogP contribution in [0.2, 0.25) is 18.1 Å². The number of methoxy groups -OCH3 is 1. The second kappa shape index (κ2) is 11.6. The molecule has 0 bridgehead atoms. The lowest BCUT2D eigenvalue weighted by Crippen LogP contribution is -2.51. The zero-order chi connectivity index (χ0) is 25.8. The standard InChI is InChI=1S/C28H45N3O3Si/c1-10-33-26-23(29-27(34-11-2)25(30-26)19(6)7)18-22-21-16-15-20(32-9)17-24(21)31(8)28(22)35(12-3,13-4)14-5/h15-17,19,23,25H,10-14,18H2,1-9H3. The highest BCUT2D eigenvalue weighted by Gasteiger charge is 2.38. The summed E-state index contributed by atoms with van der Waals surface area (Å²) in [5.41, 5.74) is 2.61. The summed E-state index contributed by atoms with van der Waals surface area (Å²) < 4.78 is 20.1. The molecule has 194 valence electrons. The number of ether oxygens (including phenoxy) is 3. The van der Waals surface area contributed by atoms with Gasteiger partial charge in [0.1, 0.15) is 25.9 Å². The number of fused-ring (bicyclic) bond motifs is 1. The highest BCUT2D eigenvalue weighted by molar-refractivity contribution is 6.91. The highest BCUT2D eigenvalue weighted by Crippen LogP contribution is 2.32. The third-order valence-corrected chi connectivity index (χ3v) is 13.4. The molecule has 0 aliphatic carbocycles. The fraction of sp³-hybridized carbons (Fsp3) is 0.643. The minimum absolute atomic E-state index is 0.0978. The van der Waals surface area contributed by atoms with Crippen molar-refractivity contribution in [1.82, 2.24) is 4.57 Å². The Labute approximate surface area is 212 Å². The van der Waals surface area contributed by atoms with Gasteiger partial charge in [-0.1, -0.05) is 52.8 Å². The zero-order valence-corrected chi connectivity index (χ0v) is 24.3. The fourth-order valence-electron chi connectivity index (χ4n) is 5.63. The van der Waals surface area contributed by atoms with Crippen LogP contribution in [0.3, 0.4) is 0 Å². The van der Waals surface area contributed by atoms with Crippen molar-refractivity contribution in [3.63, 3.8) is 0 Å². The van der Waals surface area contributed by atoms with Crippen LogP contribution in [0.4, 0.5) is 0 Å². The minimum Gasteiger partial charge on any atom is -0.497 e. The van der Waals surface area contributed by atoms with Crippen molar-refractivity contribution < 1.29 is 14.2 Å². The Hall–Kier alpha value is -2.28. The third-order valence-electron chi connectivity index (χ3n) is 7.75. The zero-order valence-electron chi connectivity index (χ0n) is 23.3. The van der Waals surface area contributed by atoms with E-state index in [9.17, 15) is 0 Å². The first-order valence-electron chi connectivity index (χ1n) is 13.4. The molecular formula is C28H45N3O3Si. The molecule has 35 heavy (non-hydrogen) atoms. The first-order chi connectivity index (χ1) is 16.8. The van der Waals surface area contributed by atoms with Gasteiger partial charge < -0.3 is 18.8 Å². The summed E-state index contributed by atoms with van der Waals surface area (Å²) in [5.74, 6) is 2.66. The van der Waals surface area contributed by atoms with Gasteiger partial charge in [0, 0.05) is 30.2 Å². The van der Waals surface area contributed by atoms with Crippen LogP contribution < -0.4 is 10.1 Å². The molecule has 0 N–H and O–H groups in total. The maximum atomic E-state index is 6.11. The average molecular weight is 500 g/mol. The van der Waals surface area contributed by atoms with Crippen molar-refractivity contribution in [3.05, 3.63) is 23.8 Å². The number of rotatable bonds is 10. The molecule has 0 saturated heterocycles. The molecule has 0 spiro atoms. The van der Waals surface area contributed by atoms with E-state index in [1.807, 2.05) is 13.8 Å². The van der Waals surface area contributed by atoms with Gasteiger partial charge in [0.05, 0.1) is 25.8 Å². The molecule has 1 aliphatic rings. The van der Waals surface area contributed by atoms with E-state index >= 15 is 0 Å². The molecule has 0 saturated carbocycles. The number of hydrogen-bond donors (Lipinski definition) is 0. The molecule has 2 heterocycles. The predicted octanol–water partition coefficient (Wildman–Crippen LogP) is 5.72. The van der Waals surface area contributed by atoms with E-state index in [2.05, 4.69) is 64.4 Å². The van der Waals surface area contributed by atoms with Gasteiger partial charge >= 0.3 is 0 Å². The molecular weight excluding hydrogens is 454 g/mol. The lowest BCUT2D eigenvalue weighted by Gasteiger charge is -2.32. The third kappa shape index (κ3) is 5.15. The number of aromatic nitrogens is 1. The summed E-state index contributed by atoms with van der Waals surface area (Å²) in [6, 6.07) is 9.83. The number of hydrogen-bond acceptors (Lipinski definition) is 5. The SMILES string of the molecule is CCOC1=NC(C(C)C)C(OCC)=NC1Cc1c([Si](CC)(CC)CC)n(C)c2cc(OC)ccc12. The Kier molecular flexibility index (Phi) is 9.08. The number of benzene rings is 1. The molecule has 0 amide bonds. The van der Waals surface area contributed by atoms with Crippen LogP contribution in [-0.4, -0.2) is 56.8 Å². The predicted molar refractivity (Wildman–Crippen MR) is 151 cm³/mol. The fourth-order valence-corrected chi connectivity index (χ4v) is 9.85. The largest absolute Gasteiger partial charge is 0.497 e. The van der Waals surface area contributed by atoms with E-state index in [0.717, 1.165) is 24.0 Å². The summed E-state index contributed by atoms with van der Waals surface area (Å²) in [6.45, 7) is 16.6. The molecule has 0 fully saturated rings. The number of nitrogens with zero attached hydrogens (tertiary/aromatic N) is 3. The van der Waals surface area contributed by atoms with Crippen LogP contribution in [0.25, 0.3) is 10.9 Å². The lowest BCUT2D eigenvalue weighted by molar-refractivity contribution is 0.276. The Balaban J connectivity index is 2.22. The molecule has 2 unspecified atom stereocenters. The quantitative estimate of drug-likeness (QED) is 0.393. The van der Waals surface area contributed by atoms with Gasteiger partial charge in [-0.15, -0.1) is 0 Å². The van der Waals surface area contributed by atoms with Crippen LogP contribution in [0.5, 0.6) is 5.75 Å². The van der Waals surface area contributed by atoms with Crippen molar-refractivity contribution in [2.24, 2.45) is 23.0 Å². The molecule has 1 aromatic heterocycles. The summed E-state index contributed by atoms with van der Waals surface area (Å²) in [6.07, 6.45) is 0.758. The topological polar surface area (TPSA) is 57.3 Å². The van der Waals surface area contributed by atoms with Gasteiger partial charge in [-0.2, -0.15) is 0 Å². The highest BCUT2D eigenvalue weighted by atomic mass is 28.3. The molecule has 6 nitrogen and oxygen atoms in total. The molecule has 2 aromatic rings. The van der Waals surface area contributed by atoms with Gasteiger partial charge in [-0.3, -0.25) is 0 Å². The summed E-state index contributed by atoms with van der Waals surface area (Å²) in [4.78, 5) is 10.2. The normalized spacial score (nSPS) is 18.6. The summed E-state index contributed by atoms with van der Waals surface area (Å²) >= 11 is 0. The second-order valence-corrected chi connectivity index (χ2v) is 15.0. The maximum absolute atomic E-state index is 6.11. The second-order valence-electron chi connectivity index (χ2n) is 9.82. The average Bonchev–Trinajstić information content (AvgIpc) is 3.13. The van der Waals surface area contributed by atoms with Gasteiger partial charge in [-0.25, -0.2) is 9.98 Å². The van der Waals surface area contributed by atoms with Gasteiger partial charge in [0.2, 0.25) is 11.8 Å². The monoisotopic (exact) mass is 499 g/mol. The molecule has 1 aromatic carbocycles. The van der Waals surface area contributed by atoms with Crippen LogP contribution in [0.15, 0.2) is 28.2 Å². The molecule has 0 radical (unpaired) electrons. The van der Waals surface area contributed by atoms with Crippen LogP contribution in [0, 0.1) is 5.92 Å². The first kappa shape index (κ1) is 27.3. The van der Waals surface area contributed by atoms with E-state index in [0.29, 0.717) is 13.2 Å². The van der Waals surface area contributed by atoms with E-state index in [1.165, 1.54) is 39.9 Å².